The number of rotatable bonds is 2. The molecule has 2 aromatic rings. The fraction of sp³-hybridized carbons (Fsp3) is 0.657. The molecule has 1 aromatic heterocycles. The number of nitrogens with zero attached hydrogens (tertiary/aromatic N) is 2. The highest BCUT2D eigenvalue weighted by molar-refractivity contribution is 5.92. The Labute approximate surface area is 268 Å². The van der Waals surface area contributed by atoms with Crippen molar-refractivity contribution in [1.82, 2.24) is 15.2 Å². The van der Waals surface area contributed by atoms with E-state index in [-0.39, 0.29) is 36.5 Å². The van der Waals surface area contributed by atoms with Gasteiger partial charge in [0.1, 0.15) is 29.7 Å². The number of alkyl carbamates (subject to hydrolysis) is 1. The van der Waals surface area contributed by atoms with Crippen LogP contribution < -0.4 is 14.8 Å². The molecule has 6 rings (SSSR count). The lowest BCUT2D eigenvalue weighted by atomic mass is 9.85. The molecule has 9 nitrogen and oxygen atoms in total. The van der Waals surface area contributed by atoms with E-state index in [2.05, 4.69) is 10.3 Å². The molecule has 1 saturated heterocycles. The van der Waals surface area contributed by atoms with E-state index in [0.29, 0.717) is 41.3 Å². The van der Waals surface area contributed by atoms with Gasteiger partial charge in [0.15, 0.2) is 11.5 Å². The Kier molecular flexibility index (Phi) is 8.42. The van der Waals surface area contributed by atoms with E-state index in [9.17, 15) is 14.4 Å². The van der Waals surface area contributed by atoms with Crippen LogP contribution in [0.5, 0.6) is 11.5 Å². The van der Waals surface area contributed by atoms with Crippen molar-refractivity contribution in [1.29, 1.82) is 0 Å². The monoisotopic (exact) mass is 641 g/mol. The van der Waals surface area contributed by atoms with Crippen LogP contribution in [0.1, 0.15) is 78.8 Å². The van der Waals surface area contributed by atoms with Gasteiger partial charge in [0.05, 0.1) is 25.2 Å². The smallest absolute Gasteiger partial charge is 0.408 e. The standard InChI is InChI=1S/C35H45F2N3O6/c1-18-28-17-40(29(18)19(2)41)32(42)31(34(3,4)5)39-33(43)46-26-15-20-14-24(20)23(26)9-7-8-12-35(36,37)30-27(45-28)16-21-13-22(44-6)10-11-25(21)38-30/h10-11,13,16,18,20,23-24,26,28-29,31H,7-9,12,14-15,17H2,1-6H3,(H,39,43)/t18-,20?,23-,24+,26-,28+,29+,31-/m1/s1. The molecule has 1 unspecified atom stereocenters. The molecule has 2 bridgehead atoms. The summed E-state index contributed by atoms with van der Waals surface area (Å²) in [4.78, 5) is 46.4. The Morgan fingerprint density at radius 2 is 1.85 bits per heavy atom. The fourth-order valence-electron chi connectivity index (χ4n) is 8.00. The van der Waals surface area contributed by atoms with Crippen LogP contribution in [0.4, 0.5) is 13.6 Å². The van der Waals surface area contributed by atoms with Gasteiger partial charge >= 0.3 is 6.09 Å². The van der Waals surface area contributed by atoms with Gasteiger partial charge in [0.2, 0.25) is 5.91 Å². The predicted molar refractivity (Wildman–Crippen MR) is 167 cm³/mol. The number of alkyl halides is 2. The third-order valence-electron chi connectivity index (χ3n) is 10.6. The first kappa shape index (κ1) is 32.4. The minimum atomic E-state index is -3.29. The number of benzene rings is 1. The quantitative estimate of drug-likeness (QED) is 0.413. The van der Waals surface area contributed by atoms with Crippen LogP contribution in [-0.2, 0) is 20.2 Å². The van der Waals surface area contributed by atoms with Crippen molar-refractivity contribution in [2.45, 2.75) is 103 Å². The molecule has 0 spiro atoms. The zero-order chi connectivity index (χ0) is 33.1. The highest BCUT2D eigenvalue weighted by Crippen LogP contribution is 2.58. The summed E-state index contributed by atoms with van der Waals surface area (Å²) in [6, 6.07) is 4.73. The molecule has 1 N–H and O–H groups in total. The van der Waals surface area contributed by atoms with Crippen LogP contribution in [0.2, 0.25) is 0 Å². The van der Waals surface area contributed by atoms with Crippen molar-refractivity contribution in [3.63, 3.8) is 0 Å². The van der Waals surface area contributed by atoms with Crippen LogP contribution in [0, 0.1) is 29.1 Å². The summed E-state index contributed by atoms with van der Waals surface area (Å²) in [5.41, 5.74) is -0.780. The van der Waals surface area contributed by atoms with Crippen LogP contribution in [0.15, 0.2) is 24.3 Å². The van der Waals surface area contributed by atoms with Crippen molar-refractivity contribution in [2.24, 2.45) is 29.1 Å². The predicted octanol–water partition coefficient (Wildman–Crippen LogP) is 6.26. The summed E-state index contributed by atoms with van der Waals surface area (Å²) in [6.45, 7) is 8.69. The molecular formula is C35H45F2N3O6. The lowest BCUT2D eigenvalue weighted by molar-refractivity contribution is -0.141. The van der Waals surface area contributed by atoms with Gasteiger partial charge < -0.3 is 24.4 Å². The highest BCUT2D eigenvalue weighted by Gasteiger charge is 2.55. The molecule has 4 aliphatic rings. The van der Waals surface area contributed by atoms with Crippen LogP contribution in [-0.4, -0.2) is 65.6 Å². The summed E-state index contributed by atoms with van der Waals surface area (Å²) < 4.78 is 49.9. The van der Waals surface area contributed by atoms with Crippen molar-refractivity contribution in [3.8, 4) is 11.5 Å². The minimum absolute atomic E-state index is 0.0250. The van der Waals surface area contributed by atoms with E-state index in [1.807, 2.05) is 20.8 Å². The van der Waals surface area contributed by atoms with Gasteiger partial charge in [-0.3, -0.25) is 9.59 Å². The lowest BCUT2D eigenvalue weighted by Crippen LogP contribution is -2.57. The second-order valence-corrected chi connectivity index (χ2v) is 14.9. The van der Waals surface area contributed by atoms with Gasteiger partial charge in [-0.1, -0.05) is 34.1 Å². The second-order valence-electron chi connectivity index (χ2n) is 14.9. The number of fused-ring (bicyclic) bond motifs is 7. The van der Waals surface area contributed by atoms with E-state index < -0.39 is 59.6 Å². The van der Waals surface area contributed by atoms with Gasteiger partial charge in [-0.2, -0.15) is 8.78 Å². The van der Waals surface area contributed by atoms with Gasteiger partial charge in [0.25, 0.3) is 5.92 Å². The third kappa shape index (κ3) is 6.13. The molecule has 1 aromatic carbocycles. The summed E-state index contributed by atoms with van der Waals surface area (Å²) >= 11 is 0. The SMILES string of the molecule is COc1ccc2nc3c(cc2c1)O[C@H]1CN(C(=O)[C@H](C(C)(C)C)NC(=O)O[C@@H]2CC4C[C@@H]4[C@H]2CCCCC3(F)F)[C@H](C(C)=O)[C@@H]1C. The number of ketones is 1. The number of aromatic nitrogens is 1. The molecule has 2 aliphatic carbocycles. The number of methoxy groups -OCH3 is 1. The van der Waals surface area contributed by atoms with E-state index >= 15 is 8.78 Å². The molecule has 11 heteroatoms. The molecule has 2 aliphatic heterocycles. The number of hydrogen-bond acceptors (Lipinski definition) is 7. The van der Waals surface area contributed by atoms with Crippen LogP contribution in [0.25, 0.3) is 10.9 Å². The Bertz CT molecular complexity index is 1530. The maximum absolute atomic E-state index is 16.1. The van der Waals surface area contributed by atoms with E-state index in [1.54, 1.807) is 31.2 Å². The van der Waals surface area contributed by atoms with E-state index in [1.165, 1.54) is 18.9 Å². The molecule has 250 valence electrons. The topological polar surface area (TPSA) is 107 Å². The summed E-state index contributed by atoms with van der Waals surface area (Å²) in [7, 11) is 1.53. The van der Waals surface area contributed by atoms with Crippen molar-refractivity contribution in [2.75, 3.05) is 13.7 Å². The zero-order valence-corrected chi connectivity index (χ0v) is 27.5. The first-order valence-corrected chi connectivity index (χ1v) is 16.5. The number of ether oxygens (including phenoxy) is 3. The molecule has 2 saturated carbocycles. The Morgan fingerprint density at radius 3 is 2.54 bits per heavy atom. The highest BCUT2D eigenvalue weighted by atomic mass is 19.3. The van der Waals surface area contributed by atoms with Crippen LogP contribution >= 0.6 is 0 Å². The summed E-state index contributed by atoms with van der Waals surface area (Å²) in [5.74, 6) is -3.03. The fourth-order valence-corrected chi connectivity index (χ4v) is 8.00. The number of amides is 2. The Hall–Kier alpha value is -3.50. The van der Waals surface area contributed by atoms with Gasteiger partial charge in [-0.15, -0.1) is 0 Å². The maximum Gasteiger partial charge on any atom is 0.408 e. The first-order chi connectivity index (χ1) is 21.7. The zero-order valence-electron chi connectivity index (χ0n) is 27.5. The van der Waals surface area contributed by atoms with Gasteiger partial charge in [-0.05, 0) is 80.0 Å². The maximum atomic E-state index is 16.1. The average molecular weight is 642 g/mol. The average Bonchev–Trinajstić information content (AvgIpc) is 3.55. The largest absolute Gasteiger partial charge is 0.497 e. The van der Waals surface area contributed by atoms with Crippen molar-refractivity contribution >= 4 is 28.7 Å². The third-order valence-corrected chi connectivity index (χ3v) is 10.6. The van der Waals surface area contributed by atoms with Gasteiger partial charge in [-0.25, -0.2) is 9.78 Å². The number of nitrogens with one attached hydrogen (secondary N) is 1. The van der Waals surface area contributed by atoms with E-state index in [4.69, 9.17) is 14.2 Å². The molecule has 8 atom stereocenters. The van der Waals surface area contributed by atoms with Crippen molar-refractivity contribution < 1.29 is 37.4 Å². The molecule has 46 heavy (non-hydrogen) atoms. The number of pyridine rings is 1. The van der Waals surface area contributed by atoms with E-state index in [0.717, 1.165) is 12.8 Å². The Balaban J connectivity index is 1.41. The normalized spacial score (nSPS) is 33.0. The van der Waals surface area contributed by atoms with Crippen molar-refractivity contribution in [3.05, 3.63) is 30.0 Å². The molecule has 2 amide bonds. The number of hydrogen-bond donors (Lipinski definition) is 1. The molecular weight excluding hydrogens is 596 g/mol. The first-order valence-electron chi connectivity index (χ1n) is 16.5. The summed E-state index contributed by atoms with van der Waals surface area (Å²) in [5, 5.41) is 3.41. The molecule has 0 radical (unpaired) electrons. The Morgan fingerprint density at radius 1 is 1.09 bits per heavy atom. The number of halogens is 2. The molecule has 3 heterocycles. The second kappa shape index (κ2) is 11.9. The van der Waals surface area contributed by atoms with Crippen LogP contribution in [0.3, 0.4) is 0 Å². The lowest BCUT2D eigenvalue weighted by Gasteiger charge is -2.35. The number of Topliss-reactive ketones (excluding diaryl/α,β-unsaturated/α-hetero) is 1. The number of carbonyl (C=O) groups excluding carboxylic acids is 3. The molecule has 3 fully saturated rings. The van der Waals surface area contributed by atoms with Gasteiger partial charge in [0, 0.05) is 17.7 Å². The minimum Gasteiger partial charge on any atom is -0.497 e. The summed E-state index contributed by atoms with van der Waals surface area (Å²) in [6.07, 6.45) is 1.13. The number of carbonyl (C=O) groups is 3.